The number of carbonyl (C=O) groups excluding carboxylic acids is 1. The monoisotopic (exact) mass is 358 g/mol. The second kappa shape index (κ2) is 6.57. The molecule has 1 spiro atoms. The Labute approximate surface area is 153 Å². The van der Waals surface area contributed by atoms with E-state index in [1.165, 1.54) is 18.4 Å². The molecular weight excluding hydrogens is 332 g/mol. The maximum absolute atomic E-state index is 13.2. The first kappa shape index (κ1) is 16.8. The lowest BCUT2D eigenvalue weighted by Gasteiger charge is -2.29. The Morgan fingerprint density at radius 2 is 2.24 bits per heavy atom. The molecule has 1 saturated carbocycles. The molecule has 1 aliphatic heterocycles. The molecule has 0 aromatic carbocycles. The second-order valence-electron chi connectivity index (χ2n) is 7.57. The van der Waals surface area contributed by atoms with Gasteiger partial charge in [-0.25, -0.2) is 0 Å². The van der Waals surface area contributed by atoms with Gasteiger partial charge in [0.1, 0.15) is 6.54 Å². The molecule has 2 aliphatic rings. The quantitative estimate of drug-likeness (QED) is 0.894. The average molecular weight is 359 g/mol. The van der Waals surface area contributed by atoms with Crippen molar-refractivity contribution in [2.45, 2.75) is 52.2 Å². The van der Waals surface area contributed by atoms with Gasteiger partial charge < -0.3 is 10.2 Å². The molecule has 4 rings (SSSR count). The molecule has 0 unspecified atom stereocenters. The summed E-state index contributed by atoms with van der Waals surface area (Å²) in [5.41, 5.74) is 3.61. The number of amides is 1. The van der Waals surface area contributed by atoms with Crippen LogP contribution >= 0.6 is 11.3 Å². The molecule has 1 amide bonds. The maximum atomic E-state index is 13.2. The lowest BCUT2D eigenvalue weighted by molar-refractivity contribution is -0.134. The Morgan fingerprint density at radius 1 is 1.44 bits per heavy atom. The van der Waals surface area contributed by atoms with E-state index >= 15 is 0 Å². The summed E-state index contributed by atoms with van der Waals surface area (Å²) in [6, 6.07) is 4.55. The standard InChI is InChI=1S/C19H26N4OS/c1-14-9-15(2)23(21-14)12-18(24)22(11-16-3-8-25-13-16)17-10-19(17)4-6-20-7-5-19/h3,8-9,13,17,20H,4-7,10-12H2,1-2H3/t17-/m1/s1. The van der Waals surface area contributed by atoms with Crippen molar-refractivity contribution >= 4 is 17.2 Å². The van der Waals surface area contributed by atoms with Gasteiger partial charge in [-0.1, -0.05) is 0 Å². The highest BCUT2D eigenvalue weighted by Crippen LogP contribution is 2.56. The molecule has 25 heavy (non-hydrogen) atoms. The van der Waals surface area contributed by atoms with Crippen LogP contribution in [0.25, 0.3) is 0 Å². The third-order valence-corrected chi connectivity index (χ3v) is 6.50. The van der Waals surface area contributed by atoms with E-state index in [-0.39, 0.29) is 5.91 Å². The number of piperidine rings is 1. The van der Waals surface area contributed by atoms with Gasteiger partial charge in [-0.05, 0) is 80.1 Å². The summed E-state index contributed by atoms with van der Waals surface area (Å²) in [6.07, 6.45) is 3.53. The topological polar surface area (TPSA) is 50.2 Å². The van der Waals surface area contributed by atoms with Crippen molar-refractivity contribution in [2.24, 2.45) is 5.41 Å². The van der Waals surface area contributed by atoms with Crippen molar-refractivity contribution in [1.29, 1.82) is 0 Å². The Balaban J connectivity index is 1.53. The zero-order valence-electron chi connectivity index (χ0n) is 15.0. The third-order valence-electron chi connectivity index (χ3n) is 5.76. The Morgan fingerprint density at radius 3 is 2.88 bits per heavy atom. The lowest BCUT2D eigenvalue weighted by Crippen LogP contribution is -2.40. The van der Waals surface area contributed by atoms with E-state index in [1.54, 1.807) is 11.3 Å². The minimum Gasteiger partial charge on any atom is -0.333 e. The minimum absolute atomic E-state index is 0.192. The highest BCUT2D eigenvalue weighted by molar-refractivity contribution is 7.07. The van der Waals surface area contributed by atoms with Gasteiger partial charge in [0.2, 0.25) is 5.91 Å². The number of nitrogens with zero attached hydrogens (tertiary/aromatic N) is 3. The summed E-state index contributed by atoms with van der Waals surface area (Å²) in [6.45, 7) is 7.21. The van der Waals surface area contributed by atoms with Crippen LogP contribution in [-0.4, -0.2) is 39.7 Å². The van der Waals surface area contributed by atoms with Crippen LogP contribution in [0.5, 0.6) is 0 Å². The van der Waals surface area contributed by atoms with Gasteiger partial charge in [-0.2, -0.15) is 16.4 Å². The van der Waals surface area contributed by atoms with Crippen LogP contribution in [0.3, 0.4) is 0 Å². The van der Waals surface area contributed by atoms with Crippen molar-refractivity contribution in [1.82, 2.24) is 20.0 Å². The lowest BCUT2D eigenvalue weighted by atomic mass is 9.93. The summed E-state index contributed by atoms with van der Waals surface area (Å²) in [5.74, 6) is 0.192. The van der Waals surface area contributed by atoms with Crippen LogP contribution < -0.4 is 5.32 Å². The van der Waals surface area contributed by atoms with Gasteiger partial charge in [0.05, 0.1) is 5.69 Å². The molecule has 134 valence electrons. The summed E-state index contributed by atoms with van der Waals surface area (Å²) >= 11 is 1.70. The van der Waals surface area contributed by atoms with E-state index in [1.807, 2.05) is 24.6 Å². The molecule has 1 N–H and O–H groups in total. The van der Waals surface area contributed by atoms with Gasteiger partial charge in [0.25, 0.3) is 0 Å². The minimum atomic E-state index is 0.192. The van der Waals surface area contributed by atoms with Crippen LogP contribution in [0, 0.1) is 19.3 Å². The SMILES string of the molecule is Cc1cc(C)n(CC(=O)N(Cc2ccsc2)[C@@H]2CC23CCNCC3)n1. The van der Waals surface area contributed by atoms with Crippen LogP contribution in [0.15, 0.2) is 22.9 Å². The molecular formula is C19H26N4OS. The van der Waals surface area contributed by atoms with Crippen molar-refractivity contribution in [3.8, 4) is 0 Å². The fraction of sp³-hybridized carbons (Fsp3) is 0.579. The van der Waals surface area contributed by atoms with E-state index in [0.717, 1.165) is 37.4 Å². The molecule has 3 heterocycles. The zero-order valence-corrected chi connectivity index (χ0v) is 15.8. The first-order chi connectivity index (χ1) is 12.1. The summed E-state index contributed by atoms with van der Waals surface area (Å²) < 4.78 is 1.84. The number of hydrogen-bond acceptors (Lipinski definition) is 4. The number of aromatic nitrogens is 2. The molecule has 0 radical (unpaired) electrons. The molecule has 5 nitrogen and oxygen atoms in total. The van der Waals surface area contributed by atoms with E-state index in [0.29, 0.717) is 18.0 Å². The van der Waals surface area contributed by atoms with Crippen molar-refractivity contribution < 1.29 is 4.79 Å². The smallest absolute Gasteiger partial charge is 0.244 e. The number of thiophene rings is 1. The molecule has 6 heteroatoms. The van der Waals surface area contributed by atoms with Gasteiger partial charge in [0.15, 0.2) is 0 Å². The van der Waals surface area contributed by atoms with Crippen molar-refractivity contribution in [3.05, 3.63) is 39.8 Å². The number of aryl methyl sites for hydroxylation is 2. The zero-order chi connectivity index (χ0) is 17.4. The number of hydrogen-bond donors (Lipinski definition) is 1. The maximum Gasteiger partial charge on any atom is 0.244 e. The number of nitrogens with one attached hydrogen (secondary N) is 1. The number of rotatable bonds is 5. The highest BCUT2D eigenvalue weighted by Gasteiger charge is 2.57. The fourth-order valence-electron chi connectivity index (χ4n) is 4.23. The van der Waals surface area contributed by atoms with Gasteiger partial charge in [0, 0.05) is 18.3 Å². The predicted molar refractivity (Wildman–Crippen MR) is 99.5 cm³/mol. The van der Waals surface area contributed by atoms with E-state index < -0.39 is 0 Å². The number of carbonyl (C=O) groups is 1. The third kappa shape index (κ3) is 3.37. The van der Waals surface area contributed by atoms with E-state index in [2.05, 4.69) is 32.1 Å². The van der Waals surface area contributed by atoms with Crippen LogP contribution in [-0.2, 0) is 17.9 Å². The largest absolute Gasteiger partial charge is 0.333 e. The van der Waals surface area contributed by atoms with Gasteiger partial charge in [-0.3, -0.25) is 9.48 Å². The first-order valence-electron chi connectivity index (χ1n) is 9.10. The summed E-state index contributed by atoms with van der Waals surface area (Å²) in [4.78, 5) is 15.3. The van der Waals surface area contributed by atoms with Gasteiger partial charge in [-0.15, -0.1) is 0 Å². The molecule has 2 aromatic heterocycles. The Hall–Kier alpha value is -1.66. The second-order valence-corrected chi connectivity index (χ2v) is 8.35. The molecule has 1 saturated heterocycles. The van der Waals surface area contributed by atoms with Crippen LogP contribution in [0.2, 0.25) is 0 Å². The van der Waals surface area contributed by atoms with Gasteiger partial charge >= 0.3 is 0 Å². The first-order valence-corrected chi connectivity index (χ1v) is 10.0. The summed E-state index contributed by atoms with van der Waals surface area (Å²) in [7, 11) is 0. The average Bonchev–Trinajstić information content (AvgIpc) is 2.94. The van der Waals surface area contributed by atoms with Crippen molar-refractivity contribution in [3.63, 3.8) is 0 Å². The van der Waals surface area contributed by atoms with Crippen molar-refractivity contribution in [2.75, 3.05) is 13.1 Å². The molecule has 1 aliphatic carbocycles. The fourth-order valence-corrected chi connectivity index (χ4v) is 4.89. The van der Waals surface area contributed by atoms with Crippen LogP contribution in [0.1, 0.15) is 36.2 Å². The van der Waals surface area contributed by atoms with E-state index in [4.69, 9.17) is 0 Å². The normalized spacial score (nSPS) is 21.4. The van der Waals surface area contributed by atoms with Crippen LogP contribution in [0.4, 0.5) is 0 Å². The molecule has 1 atom stereocenters. The molecule has 2 fully saturated rings. The Kier molecular flexibility index (Phi) is 4.41. The highest BCUT2D eigenvalue weighted by atomic mass is 32.1. The summed E-state index contributed by atoms with van der Waals surface area (Å²) in [5, 5.41) is 12.2. The molecule has 2 aromatic rings. The predicted octanol–water partition coefficient (Wildman–Crippen LogP) is 2.73. The Bertz CT molecular complexity index is 746. The molecule has 0 bridgehead atoms. The van der Waals surface area contributed by atoms with E-state index in [9.17, 15) is 4.79 Å².